The van der Waals surface area contributed by atoms with E-state index in [4.69, 9.17) is 5.41 Å². The van der Waals surface area contributed by atoms with Gasteiger partial charge in [0.1, 0.15) is 5.60 Å². The van der Waals surface area contributed by atoms with E-state index in [2.05, 4.69) is 23.0 Å². The van der Waals surface area contributed by atoms with Crippen LogP contribution in [-0.2, 0) is 4.79 Å². The minimum atomic E-state index is -1.43. The highest BCUT2D eigenvalue weighted by Crippen LogP contribution is 2.68. The number of aromatic nitrogens is 1. The normalized spacial score (nSPS) is 42.8. The number of hydrogen-bond donors (Lipinski definition) is 3. The third-order valence-electron chi connectivity index (χ3n) is 10.3. The van der Waals surface area contributed by atoms with Gasteiger partial charge in [-0.15, -0.1) is 0 Å². The van der Waals surface area contributed by atoms with E-state index in [9.17, 15) is 15.0 Å². The van der Waals surface area contributed by atoms with Gasteiger partial charge in [-0.1, -0.05) is 37.2 Å². The number of hydrogen-bond acceptors (Lipinski definition) is 7. The Morgan fingerprint density at radius 2 is 2.08 bits per heavy atom. The number of ketones is 1. The van der Waals surface area contributed by atoms with Crippen molar-refractivity contribution < 1.29 is 15.0 Å². The first-order valence-corrected chi connectivity index (χ1v) is 14.2. The lowest BCUT2D eigenvalue weighted by molar-refractivity contribution is -0.178. The maximum atomic E-state index is 13.6. The Morgan fingerprint density at radius 3 is 2.78 bits per heavy atom. The molecule has 4 aliphatic carbocycles. The molecule has 36 heavy (non-hydrogen) atoms. The quantitative estimate of drug-likeness (QED) is 0.395. The van der Waals surface area contributed by atoms with E-state index >= 15 is 0 Å². The first-order chi connectivity index (χ1) is 17.1. The van der Waals surface area contributed by atoms with E-state index in [1.807, 2.05) is 32.0 Å². The average Bonchev–Trinajstić information content (AvgIpc) is 3.12. The monoisotopic (exact) mass is 509 g/mol. The highest BCUT2D eigenvalue weighted by molar-refractivity contribution is 7.99. The predicted molar refractivity (Wildman–Crippen MR) is 144 cm³/mol. The van der Waals surface area contributed by atoms with Crippen LogP contribution in [0.25, 0.3) is 0 Å². The molecule has 0 amide bonds. The lowest BCUT2D eigenvalue weighted by Crippen LogP contribution is -2.62. The summed E-state index contributed by atoms with van der Waals surface area (Å²) in [6.45, 7) is 6.25. The zero-order valence-corrected chi connectivity index (χ0v) is 22.6. The van der Waals surface area contributed by atoms with Gasteiger partial charge in [-0.05, 0) is 86.8 Å². The summed E-state index contributed by atoms with van der Waals surface area (Å²) in [6.07, 6.45) is 7.48. The summed E-state index contributed by atoms with van der Waals surface area (Å²) in [5.41, 5.74) is 0.948. The molecule has 3 fully saturated rings. The van der Waals surface area contributed by atoms with Gasteiger partial charge in [0, 0.05) is 36.0 Å². The zero-order chi connectivity index (χ0) is 25.9. The molecule has 5 rings (SSSR count). The molecule has 6 nitrogen and oxygen atoms in total. The summed E-state index contributed by atoms with van der Waals surface area (Å²) in [6, 6.07) is 5.77. The second-order valence-corrected chi connectivity index (χ2v) is 13.0. The number of aryl methyl sites for hydroxylation is 1. The Balaban J connectivity index is 1.41. The third-order valence-corrected chi connectivity index (χ3v) is 11.2. The molecule has 3 N–H and O–H groups in total. The van der Waals surface area contributed by atoms with Crippen molar-refractivity contribution in [2.24, 2.45) is 39.5 Å². The Kier molecular flexibility index (Phi) is 6.58. The van der Waals surface area contributed by atoms with Gasteiger partial charge in [0.15, 0.2) is 5.78 Å². The maximum Gasteiger partial charge on any atom is 0.175 e. The number of allylic oxidation sites excluding steroid dienone is 2. The molecule has 1 aromatic heterocycles. The molecule has 0 bridgehead atoms. The van der Waals surface area contributed by atoms with Crippen LogP contribution in [0.3, 0.4) is 0 Å². The molecule has 3 saturated carbocycles. The summed E-state index contributed by atoms with van der Waals surface area (Å²) in [4.78, 5) is 22.5. The highest BCUT2D eigenvalue weighted by atomic mass is 32.2. The van der Waals surface area contributed by atoms with E-state index < -0.39 is 17.1 Å². The van der Waals surface area contributed by atoms with Gasteiger partial charge >= 0.3 is 0 Å². The fourth-order valence-electron chi connectivity index (χ4n) is 8.52. The molecule has 1 aromatic rings. The fraction of sp³-hybridized carbons (Fsp3) is 0.655. The zero-order valence-electron chi connectivity index (χ0n) is 21.8. The molecular formula is C29H39N3O3S. The van der Waals surface area contributed by atoms with Crippen molar-refractivity contribution in [1.82, 2.24) is 4.98 Å². The second kappa shape index (κ2) is 9.17. The van der Waals surface area contributed by atoms with Crippen molar-refractivity contribution >= 4 is 29.5 Å². The minimum absolute atomic E-state index is 0.0302. The van der Waals surface area contributed by atoms with E-state index in [1.165, 1.54) is 23.5 Å². The summed E-state index contributed by atoms with van der Waals surface area (Å²) in [5, 5.41) is 32.4. The number of aliphatic hydroxyl groups excluding tert-OH is 1. The minimum Gasteiger partial charge on any atom is -0.393 e. The Hall–Kier alpha value is -1.83. The molecule has 0 radical (unpaired) electrons. The van der Waals surface area contributed by atoms with Crippen LogP contribution in [-0.4, -0.2) is 57.4 Å². The molecule has 7 heteroatoms. The van der Waals surface area contributed by atoms with Gasteiger partial charge in [-0.3, -0.25) is 9.79 Å². The van der Waals surface area contributed by atoms with Crippen LogP contribution in [0.15, 0.2) is 39.9 Å². The van der Waals surface area contributed by atoms with Gasteiger partial charge in [0.2, 0.25) is 0 Å². The maximum absolute atomic E-state index is 13.6. The number of nitrogens with zero attached hydrogens (tertiary/aromatic N) is 2. The first kappa shape index (κ1) is 25.8. The van der Waals surface area contributed by atoms with Gasteiger partial charge < -0.3 is 15.6 Å². The summed E-state index contributed by atoms with van der Waals surface area (Å²) in [5.74, 6) is 0.529. The number of aliphatic hydroxyl groups is 2. The van der Waals surface area contributed by atoms with Crippen LogP contribution in [0, 0.1) is 46.8 Å². The first-order valence-electron chi connectivity index (χ1n) is 13.3. The van der Waals surface area contributed by atoms with Crippen LogP contribution in [0.1, 0.15) is 58.1 Å². The fourth-order valence-corrected chi connectivity index (χ4v) is 9.42. The second-order valence-electron chi connectivity index (χ2n) is 12.0. The van der Waals surface area contributed by atoms with Crippen molar-refractivity contribution in [1.29, 1.82) is 5.41 Å². The van der Waals surface area contributed by atoms with Crippen molar-refractivity contribution in [2.45, 2.75) is 76.0 Å². The Bertz CT molecular complexity index is 1130. The number of carbonyl (C=O) groups is 1. The van der Waals surface area contributed by atoms with E-state index in [-0.39, 0.29) is 40.6 Å². The third kappa shape index (κ3) is 3.76. The van der Waals surface area contributed by atoms with Crippen LogP contribution in [0.2, 0.25) is 0 Å². The van der Waals surface area contributed by atoms with Crippen LogP contribution >= 0.6 is 11.8 Å². The predicted octanol–water partition coefficient (Wildman–Crippen LogP) is 4.66. The smallest absolute Gasteiger partial charge is 0.175 e. The Morgan fingerprint density at radius 1 is 1.31 bits per heavy atom. The number of nitrogens with one attached hydrogen (secondary N) is 1. The molecule has 0 aromatic carbocycles. The average molecular weight is 510 g/mol. The Labute approximate surface area is 218 Å². The summed E-state index contributed by atoms with van der Waals surface area (Å²) in [7, 11) is 1.79. The van der Waals surface area contributed by atoms with E-state index in [0.29, 0.717) is 12.8 Å². The van der Waals surface area contributed by atoms with Gasteiger partial charge in [0.25, 0.3) is 0 Å². The summed E-state index contributed by atoms with van der Waals surface area (Å²) >= 11 is 1.39. The molecule has 0 aliphatic heterocycles. The number of carbonyl (C=O) groups excluding carboxylic acids is 1. The number of pyridine rings is 1. The van der Waals surface area contributed by atoms with Crippen LogP contribution < -0.4 is 0 Å². The number of thioether (sulfide) groups is 1. The van der Waals surface area contributed by atoms with Crippen molar-refractivity contribution in [3.8, 4) is 0 Å². The lowest BCUT2D eigenvalue weighted by Gasteiger charge is -2.61. The van der Waals surface area contributed by atoms with Crippen LogP contribution in [0.5, 0.6) is 0 Å². The topological polar surface area (TPSA) is 107 Å². The standard InChI is InChI=1S/C29H39N3O3S/c1-17-6-5-7-25(32-17)36-16-24(34)29(35)11-10-21-20-9-8-19-12-22(31-4)18(15-30)13-27(19,2)26(20)23(33)14-28(21,29)3/h5-7,12,15,18,20-21,23,26,30,33,35H,8-11,13-14,16H2,1-4H3. The molecule has 194 valence electrons. The van der Waals surface area contributed by atoms with E-state index in [1.54, 1.807) is 7.05 Å². The molecule has 1 heterocycles. The summed E-state index contributed by atoms with van der Waals surface area (Å²) < 4.78 is 0. The molecule has 0 saturated heterocycles. The largest absolute Gasteiger partial charge is 0.393 e. The number of fused-ring (bicyclic) bond motifs is 5. The lowest BCUT2D eigenvalue weighted by atomic mass is 9.45. The van der Waals surface area contributed by atoms with Gasteiger partial charge in [-0.25, -0.2) is 4.98 Å². The van der Waals surface area contributed by atoms with Gasteiger partial charge in [-0.2, -0.15) is 0 Å². The SMILES string of the molecule is CN=C1C=C2CCC3C(C(O)CC4(C)C3CCC4(O)C(=O)CSc3cccc(C)n3)C2(C)CC1C=N. The highest BCUT2D eigenvalue weighted by Gasteiger charge is 2.68. The van der Waals surface area contributed by atoms with E-state index in [0.717, 1.165) is 42.1 Å². The molecule has 8 atom stereocenters. The number of aliphatic imine (C=N–C) groups is 1. The van der Waals surface area contributed by atoms with Crippen molar-refractivity contribution in [3.05, 3.63) is 35.5 Å². The van der Waals surface area contributed by atoms with Crippen molar-refractivity contribution in [2.75, 3.05) is 12.8 Å². The molecular weight excluding hydrogens is 470 g/mol. The van der Waals surface area contributed by atoms with Gasteiger partial charge in [0.05, 0.1) is 16.9 Å². The van der Waals surface area contributed by atoms with Crippen LogP contribution in [0.4, 0.5) is 0 Å². The molecule has 4 aliphatic rings. The van der Waals surface area contributed by atoms with Crippen molar-refractivity contribution in [3.63, 3.8) is 0 Å². The molecule has 8 unspecified atom stereocenters. The molecule has 0 spiro atoms. The number of rotatable bonds is 5. The number of Topliss-reactive ketones (excluding diaryl/α,β-unsaturated/α-hetero) is 1.